The first-order valence-corrected chi connectivity index (χ1v) is 4.03. The molecule has 0 aromatic rings. The van der Waals surface area contributed by atoms with Gasteiger partial charge in [-0.25, -0.2) is 0 Å². The van der Waals surface area contributed by atoms with E-state index in [0.717, 1.165) is 6.54 Å². The van der Waals surface area contributed by atoms with E-state index in [2.05, 4.69) is 24.3 Å². The van der Waals surface area contributed by atoms with E-state index in [-0.39, 0.29) is 0 Å². The zero-order chi connectivity index (χ0) is 7.61. The molecule has 2 nitrogen and oxygen atoms in total. The smallest absolute Gasteiger partial charge is 0.0327 e. The molecule has 1 aliphatic rings. The van der Waals surface area contributed by atoms with Crippen molar-refractivity contribution in [2.45, 2.75) is 24.8 Å². The Labute approximate surface area is 63.6 Å². The molecule has 0 heterocycles. The lowest BCUT2D eigenvalue weighted by atomic mass is 9.76. The van der Waals surface area contributed by atoms with E-state index in [1.54, 1.807) is 0 Å². The van der Waals surface area contributed by atoms with Crippen molar-refractivity contribution in [1.82, 2.24) is 10.2 Å². The molecular weight excluding hydrogens is 124 g/mol. The largest absolute Gasteiger partial charge is 0.318 e. The van der Waals surface area contributed by atoms with Crippen molar-refractivity contribution in [2.75, 3.05) is 27.7 Å². The van der Waals surface area contributed by atoms with Gasteiger partial charge in [-0.15, -0.1) is 0 Å². The van der Waals surface area contributed by atoms with E-state index in [0.29, 0.717) is 5.54 Å². The summed E-state index contributed by atoms with van der Waals surface area (Å²) in [6, 6.07) is 0. The maximum absolute atomic E-state index is 3.25. The third-order valence-electron chi connectivity index (χ3n) is 2.74. The molecule has 0 saturated heterocycles. The third-order valence-corrected chi connectivity index (χ3v) is 2.74. The zero-order valence-corrected chi connectivity index (χ0v) is 7.28. The summed E-state index contributed by atoms with van der Waals surface area (Å²) in [5.74, 6) is 0. The number of hydrogen-bond donors (Lipinski definition) is 1. The molecule has 0 aromatic heterocycles. The van der Waals surface area contributed by atoms with Crippen LogP contribution in [0.4, 0.5) is 0 Å². The van der Waals surface area contributed by atoms with Gasteiger partial charge in [0.1, 0.15) is 0 Å². The molecule has 0 radical (unpaired) electrons. The fraction of sp³-hybridized carbons (Fsp3) is 1.00. The molecule has 1 aliphatic carbocycles. The van der Waals surface area contributed by atoms with Crippen LogP contribution in [0, 0.1) is 0 Å². The van der Waals surface area contributed by atoms with Gasteiger partial charge in [0.25, 0.3) is 0 Å². The van der Waals surface area contributed by atoms with E-state index in [9.17, 15) is 0 Å². The summed E-state index contributed by atoms with van der Waals surface area (Å²) in [5, 5.41) is 3.25. The predicted molar refractivity (Wildman–Crippen MR) is 44.2 cm³/mol. The topological polar surface area (TPSA) is 15.3 Å². The third kappa shape index (κ3) is 1.18. The molecule has 2 heteroatoms. The number of nitrogens with one attached hydrogen (secondary N) is 1. The van der Waals surface area contributed by atoms with Crippen LogP contribution in [0.5, 0.6) is 0 Å². The van der Waals surface area contributed by atoms with Crippen LogP contribution in [0.15, 0.2) is 0 Å². The van der Waals surface area contributed by atoms with E-state index >= 15 is 0 Å². The van der Waals surface area contributed by atoms with Crippen LogP contribution >= 0.6 is 0 Å². The minimum absolute atomic E-state index is 0.495. The summed E-state index contributed by atoms with van der Waals surface area (Å²) in [4.78, 5) is 2.35. The molecule has 0 aliphatic heterocycles. The Balaban J connectivity index is 2.42. The second kappa shape index (κ2) is 2.89. The molecule has 0 atom stereocenters. The van der Waals surface area contributed by atoms with Gasteiger partial charge in [-0.2, -0.15) is 0 Å². The predicted octanol–water partition coefficient (Wildman–Crippen LogP) is 0.690. The van der Waals surface area contributed by atoms with Gasteiger partial charge in [0, 0.05) is 12.1 Å². The first kappa shape index (κ1) is 8.02. The van der Waals surface area contributed by atoms with Crippen LogP contribution in [0.1, 0.15) is 19.3 Å². The Morgan fingerprint density at radius 2 is 2.00 bits per heavy atom. The second-order valence-corrected chi connectivity index (χ2v) is 3.50. The first-order valence-electron chi connectivity index (χ1n) is 4.03. The molecule has 0 aromatic carbocycles. The molecule has 0 amide bonds. The van der Waals surface area contributed by atoms with Crippen molar-refractivity contribution in [3.8, 4) is 0 Å². The highest BCUT2D eigenvalue weighted by Gasteiger charge is 2.37. The highest BCUT2D eigenvalue weighted by molar-refractivity contribution is 4.96. The molecule has 1 saturated carbocycles. The van der Waals surface area contributed by atoms with E-state index in [1.807, 2.05) is 7.05 Å². The van der Waals surface area contributed by atoms with Crippen LogP contribution in [-0.2, 0) is 0 Å². The van der Waals surface area contributed by atoms with E-state index in [4.69, 9.17) is 0 Å². The molecular formula is C8H18N2. The molecule has 0 unspecified atom stereocenters. The summed E-state index contributed by atoms with van der Waals surface area (Å²) in [5.41, 5.74) is 0.495. The zero-order valence-electron chi connectivity index (χ0n) is 7.28. The molecule has 0 spiro atoms. The number of likely N-dealkylation sites (N-methyl/N-ethyl adjacent to an activating group) is 2. The van der Waals surface area contributed by atoms with Crippen molar-refractivity contribution in [3.63, 3.8) is 0 Å². The minimum atomic E-state index is 0.495. The minimum Gasteiger partial charge on any atom is -0.318 e. The summed E-state index contributed by atoms with van der Waals surface area (Å²) in [6.45, 7) is 1.14. The highest BCUT2D eigenvalue weighted by atomic mass is 15.2. The van der Waals surface area contributed by atoms with Crippen molar-refractivity contribution >= 4 is 0 Å². The van der Waals surface area contributed by atoms with Gasteiger partial charge >= 0.3 is 0 Å². The van der Waals surface area contributed by atoms with Crippen molar-refractivity contribution in [1.29, 1.82) is 0 Å². The average molecular weight is 142 g/mol. The Morgan fingerprint density at radius 1 is 1.40 bits per heavy atom. The van der Waals surface area contributed by atoms with Gasteiger partial charge in [-0.05, 0) is 40.4 Å². The normalized spacial score (nSPS) is 22.8. The standard InChI is InChI=1S/C8H18N2/c1-9-7-8(10(2)3)5-4-6-8/h9H,4-7H2,1-3H3. The van der Waals surface area contributed by atoms with Crippen molar-refractivity contribution < 1.29 is 0 Å². The number of nitrogens with zero attached hydrogens (tertiary/aromatic N) is 1. The van der Waals surface area contributed by atoms with Crippen molar-refractivity contribution in [2.24, 2.45) is 0 Å². The van der Waals surface area contributed by atoms with Crippen LogP contribution < -0.4 is 5.32 Å². The van der Waals surface area contributed by atoms with Gasteiger partial charge in [0.05, 0.1) is 0 Å². The quantitative estimate of drug-likeness (QED) is 0.623. The SMILES string of the molecule is CNCC1(N(C)C)CCC1. The fourth-order valence-corrected chi connectivity index (χ4v) is 1.70. The molecule has 1 fully saturated rings. The van der Waals surface area contributed by atoms with Crippen LogP contribution in [-0.4, -0.2) is 38.1 Å². The monoisotopic (exact) mass is 142 g/mol. The molecule has 1 rings (SSSR count). The summed E-state index contributed by atoms with van der Waals surface area (Å²) >= 11 is 0. The lowest BCUT2D eigenvalue weighted by Gasteiger charge is -2.47. The average Bonchev–Trinajstić information content (AvgIpc) is 1.77. The number of rotatable bonds is 3. The number of hydrogen-bond acceptors (Lipinski definition) is 2. The van der Waals surface area contributed by atoms with E-state index < -0.39 is 0 Å². The molecule has 10 heavy (non-hydrogen) atoms. The second-order valence-electron chi connectivity index (χ2n) is 3.50. The lowest BCUT2D eigenvalue weighted by Crippen LogP contribution is -2.55. The van der Waals surface area contributed by atoms with Crippen molar-refractivity contribution in [3.05, 3.63) is 0 Å². The lowest BCUT2D eigenvalue weighted by molar-refractivity contribution is 0.0622. The Hall–Kier alpha value is -0.0800. The first-order chi connectivity index (χ1) is 4.71. The van der Waals surface area contributed by atoms with Gasteiger partial charge in [-0.3, -0.25) is 0 Å². The Morgan fingerprint density at radius 3 is 2.10 bits per heavy atom. The Kier molecular flexibility index (Phi) is 2.32. The maximum atomic E-state index is 3.25. The Bertz CT molecular complexity index is 106. The fourth-order valence-electron chi connectivity index (χ4n) is 1.70. The van der Waals surface area contributed by atoms with Gasteiger partial charge < -0.3 is 10.2 Å². The highest BCUT2D eigenvalue weighted by Crippen LogP contribution is 2.35. The van der Waals surface area contributed by atoms with Gasteiger partial charge in [0.2, 0.25) is 0 Å². The molecule has 60 valence electrons. The van der Waals surface area contributed by atoms with Gasteiger partial charge in [0.15, 0.2) is 0 Å². The van der Waals surface area contributed by atoms with Crippen LogP contribution in [0.3, 0.4) is 0 Å². The summed E-state index contributed by atoms with van der Waals surface area (Å²) in [7, 11) is 6.39. The summed E-state index contributed by atoms with van der Waals surface area (Å²) < 4.78 is 0. The van der Waals surface area contributed by atoms with Crippen LogP contribution in [0.25, 0.3) is 0 Å². The maximum Gasteiger partial charge on any atom is 0.0327 e. The molecule has 0 bridgehead atoms. The van der Waals surface area contributed by atoms with E-state index in [1.165, 1.54) is 19.3 Å². The van der Waals surface area contributed by atoms with Crippen LogP contribution in [0.2, 0.25) is 0 Å². The molecule has 1 N–H and O–H groups in total. The van der Waals surface area contributed by atoms with Gasteiger partial charge in [-0.1, -0.05) is 0 Å². The summed E-state index contributed by atoms with van der Waals surface area (Å²) in [6.07, 6.45) is 4.13.